The van der Waals surface area contributed by atoms with E-state index in [1.54, 1.807) is 31.3 Å². The summed E-state index contributed by atoms with van der Waals surface area (Å²) in [5.74, 6) is 0.593. The largest absolute Gasteiger partial charge is 0.416 e. The number of halogens is 3. The second-order valence-electron chi connectivity index (χ2n) is 11.9. The van der Waals surface area contributed by atoms with Crippen LogP contribution in [0.2, 0.25) is 0 Å². The van der Waals surface area contributed by atoms with E-state index in [0.29, 0.717) is 12.1 Å². The minimum absolute atomic E-state index is 0.00412. The zero-order chi connectivity index (χ0) is 33.8. The normalized spacial score (nSPS) is 11.8. The number of aldehydes is 1. The van der Waals surface area contributed by atoms with Crippen molar-refractivity contribution in [3.8, 4) is 0 Å². The highest BCUT2D eigenvalue weighted by Gasteiger charge is 2.31. The standard InChI is InChI=1S/C18H27N3.C12H13F3O.C6H5NO/c1-13-7-8-14(2)15(11-13)9-10-16-12-17(19-6)21(20-16)18(3,4)5;1-3-8(2)11(16)9-5-4-6-10(7-9)12(13,14)15;8-5-6-3-1-2-4-7-6/h7-8,11-12,19H,9-10H2,1-6H3;4-8H,3H2,1-2H3;1-5H. The maximum absolute atomic E-state index is 12.4. The molecule has 4 rings (SSSR count). The molecule has 242 valence electrons. The van der Waals surface area contributed by atoms with E-state index in [2.05, 4.69) is 73.9 Å². The maximum atomic E-state index is 12.4. The molecule has 0 aliphatic heterocycles. The molecule has 1 unspecified atom stereocenters. The highest BCUT2D eigenvalue weighted by atomic mass is 19.4. The van der Waals surface area contributed by atoms with Gasteiger partial charge >= 0.3 is 6.18 Å². The number of carbonyl (C=O) groups excluding carboxylic acids is 2. The van der Waals surface area contributed by atoms with Crippen molar-refractivity contribution in [2.24, 2.45) is 5.92 Å². The quantitative estimate of drug-likeness (QED) is 0.157. The van der Waals surface area contributed by atoms with Gasteiger partial charge in [-0.1, -0.05) is 55.8 Å². The maximum Gasteiger partial charge on any atom is 0.416 e. The van der Waals surface area contributed by atoms with E-state index in [9.17, 15) is 22.8 Å². The van der Waals surface area contributed by atoms with Gasteiger partial charge in [-0.3, -0.25) is 14.6 Å². The Balaban J connectivity index is 0.000000258. The van der Waals surface area contributed by atoms with Gasteiger partial charge in [-0.25, -0.2) is 4.68 Å². The molecule has 0 spiro atoms. The fraction of sp³-hybridized carbons (Fsp3) is 0.389. The summed E-state index contributed by atoms with van der Waals surface area (Å²) in [7, 11) is 1.95. The summed E-state index contributed by atoms with van der Waals surface area (Å²) in [6.45, 7) is 14.4. The number of carbonyl (C=O) groups is 2. The average Bonchev–Trinajstić information content (AvgIpc) is 3.46. The highest BCUT2D eigenvalue weighted by molar-refractivity contribution is 5.97. The van der Waals surface area contributed by atoms with Crippen molar-refractivity contribution in [2.45, 2.75) is 79.4 Å². The smallest absolute Gasteiger partial charge is 0.373 e. The number of hydrogen-bond donors (Lipinski definition) is 1. The lowest BCUT2D eigenvalue weighted by Crippen LogP contribution is -2.24. The molecule has 0 aliphatic rings. The van der Waals surface area contributed by atoms with E-state index < -0.39 is 11.7 Å². The van der Waals surface area contributed by atoms with Crippen LogP contribution in [0.1, 0.15) is 89.8 Å². The number of nitrogens with zero attached hydrogens (tertiary/aromatic N) is 3. The van der Waals surface area contributed by atoms with Gasteiger partial charge in [-0.15, -0.1) is 0 Å². The molecule has 2 heterocycles. The molecule has 2 aromatic carbocycles. The predicted octanol–water partition coefficient (Wildman–Crippen LogP) is 8.91. The number of Topliss-reactive ketones (excluding diaryl/α,β-unsaturated/α-hetero) is 1. The Morgan fingerprint density at radius 1 is 0.978 bits per heavy atom. The number of aromatic nitrogens is 3. The molecular weight excluding hydrogens is 577 g/mol. The summed E-state index contributed by atoms with van der Waals surface area (Å²) >= 11 is 0. The lowest BCUT2D eigenvalue weighted by atomic mass is 9.96. The Morgan fingerprint density at radius 2 is 1.69 bits per heavy atom. The van der Waals surface area contributed by atoms with Gasteiger partial charge in [0.1, 0.15) is 11.5 Å². The van der Waals surface area contributed by atoms with Crippen molar-refractivity contribution in [1.82, 2.24) is 14.8 Å². The number of nitrogens with one attached hydrogen (secondary N) is 1. The Labute approximate surface area is 265 Å². The highest BCUT2D eigenvalue weighted by Crippen LogP contribution is 2.30. The SMILES string of the molecule is CCC(C)C(=O)c1cccc(C(F)(F)F)c1.CNc1cc(CCc2cc(C)ccc2C)nn1C(C)(C)C.O=Cc1ccccn1. The van der Waals surface area contributed by atoms with E-state index >= 15 is 0 Å². The van der Waals surface area contributed by atoms with Crippen LogP contribution in [0.5, 0.6) is 0 Å². The van der Waals surface area contributed by atoms with Gasteiger partial charge in [0.05, 0.1) is 16.8 Å². The molecule has 9 heteroatoms. The summed E-state index contributed by atoms with van der Waals surface area (Å²) in [6, 6.07) is 18.6. The van der Waals surface area contributed by atoms with Crippen LogP contribution in [-0.4, -0.2) is 33.9 Å². The minimum Gasteiger partial charge on any atom is -0.373 e. The Kier molecular flexibility index (Phi) is 13.7. The second kappa shape index (κ2) is 16.7. The van der Waals surface area contributed by atoms with Gasteiger partial charge in [0.2, 0.25) is 0 Å². The summed E-state index contributed by atoms with van der Waals surface area (Å²) < 4.78 is 39.3. The van der Waals surface area contributed by atoms with Crippen LogP contribution in [0, 0.1) is 19.8 Å². The molecular formula is C36H45F3N4O2. The summed E-state index contributed by atoms with van der Waals surface area (Å²) in [6.07, 6.45) is 0.546. The van der Waals surface area contributed by atoms with Gasteiger partial charge < -0.3 is 5.32 Å². The molecule has 4 aromatic rings. The van der Waals surface area contributed by atoms with E-state index in [1.165, 1.54) is 28.8 Å². The van der Waals surface area contributed by atoms with Gasteiger partial charge in [0.25, 0.3) is 0 Å². The fourth-order valence-corrected chi connectivity index (χ4v) is 4.34. The number of ketones is 1. The van der Waals surface area contributed by atoms with Crippen LogP contribution in [0.15, 0.2) is 72.9 Å². The molecule has 6 nitrogen and oxygen atoms in total. The molecule has 0 fully saturated rings. The first-order valence-electron chi connectivity index (χ1n) is 15.0. The number of aryl methyl sites for hydroxylation is 4. The first kappa shape index (κ1) is 36.9. The van der Waals surface area contributed by atoms with E-state index in [0.717, 1.165) is 42.8 Å². The zero-order valence-electron chi connectivity index (χ0n) is 27.5. The molecule has 45 heavy (non-hydrogen) atoms. The predicted molar refractivity (Wildman–Crippen MR) is 175 cm³/mol. The summed E-state index contributed by atoms with van der Waals surface area (Å²) in [5, 5.41) is 8.02. The van der Waals surface area contributed by atoms with E-state index in [1.807, 2.05) is 14.0 Å². The van der Waals surface area contributed by atoms with Crippen molar-refractivity contribution in [3.63, 3.8) is 0 Å². The minimum atomic E-state index is -4.40. The van der Waals surface area contributed by atoms with Crippen LogP contribution in [-0.2, 0) is 24.6 Å². The second-order valence-corrected chi connectivity index (χ2v) is 11.9. The molecule has 0 aliphatic carbocycles. The third-order valence-electron chi connectivity index (χ3n) is 7.15. The topological polar surface area (TPSA) is 76.9 Å². The van der Waals surface area contributed by atoms with Crippen molar-refractivity contribution in [1.29, 1.82) is 0 Å². The number of benzene rings is 2. The van der Waals surface area contributed by atoms with Crippen LogP contribution in [0.3, 0.4) is 0 Å². The Hall–Kier alpha value is -4.27. The van der Waals surface area contributed by atoms with Crippen molar-refractivity contribution >= 4 is 17.9 Å². The molecule has 0 radical (unpaired) electrons. The Bertz CT molecular complexity index is 1520. The third kappa shape index (κ3) is 11.6. The van der Waals surface area contributed by atoms with Crippen molar-refractivity contribution in [2.75, 3.05) is 12.4 Å². The van der Waals surface area contributed by atoms with Gasteiger partial charge in [0, 0.05) is 30.8 Å². The number of pyridine rings is 1. The van der Waals surface area contributed by atoms with E-state index in [-0.39, 0.29) is 22.8 Å². The average molecular weight is 623 g/mol. The molecule has 1 atom stereocenters. The first-order valence-corrected chi connectivity index (χ1v) is 15.0. The van der Waals surface area contributed by atoms with E-state index in [4.69, 9.17) is 5.10 Å². The number of rotatable bonds is 8. The van der Waals surface area contributed by atoms with Crippen LogP contribution in [0.25, 0.3) is 0 Å². The number of alkyl halides is 3. The fourth-order valence-electron chi connectivity index (χ4n) is 4.34. The Morgan fingerprint density at radius 3 is 2.20 bits per heavy atom. The number of hydrogen-bond acceptors (Lipinski definition) is 5. The lowest BCUT2D eigenvalue weighted by molar-refractivity contribution is -0.137. The van der Waals surface area contributed by atoms with Crippen molar-refractivity contribution < 1.29 is 22.8 Å². The van der Waals surface area contributed by atoms with Crippen LogP contribution < -0.4 is 5.32 Å². The van der Waals surface area contributed by atoms with Gasteiger partial charge in [-0.05, 0) is 89.3 Å². The molecule has 2 aromatic heterocycles. The summed E-state index contributed by atoms with van der Waals surface area (Å²) in [4.78, 5) is 25.4. The molecule has 0 saturated heterocycles. The molecule has 1 N–H and O–H groups in total. The lowest BCUT2D eigenvalue weighted by Gasteiger charge is -2.21. The molecule has 0 bridgehead atoms. The zero-order valence-corrected chi connectivity index (χ0v) is 27.5. The van der Waals surface area contributed by atoms with Gasteiger partial charge in [-0.2, -0.15) is 18.3 Å². The molecule has 0 saturated carbocycles. The monoisotopic (exact) mass is 622 g/mol. The van der Waals surface area contributed by atoms with Crippen LogP contribution >= 0.6 is 0 Å². The first-order chi connectivity index (χ1) is 21.1. The molecule has 0 amide bonds. The summed E-state index contributed by atoms with van der Waals surface area (Å²) in [5.41, 5.74) is 5.09. The van der Waals surface area contributed by atoms with Crippen molar-refractivity contribution in [3.05, 3.63) is 112 Å². The van der Waals surface area contributed by atoms with Gasteiger partial charge in [0.15, 0.2) is 12.1 Å². The third-order valence-corrected chi connectivity index (χ3v) is 7.15. The number of anilines is 1. The van der Waals surface area contributed by atoms with Crippen LogP contribution in [0.4, 0.5) is 19.0 Å².